The topological polar surface area (TPSA) is 83.5 Å². The van der Waals surface area contributed by atoms with Crippen LogP contribution in [0.3, 0.4) is 0 Å². The van der Waals surface area contributed by atoms with Gasteiger partial charge in [-0.05, 0) is 38.5 Å². The van der Waals surface area contributed by atoms with Crippen molar-refractivity contribution in [2.75, 3.05) is 6.54 Å². The van der Waals surface area contributed by atoms with Gasteiger partial charge in [0.2, 0.25) is 10.0 Å². The van der Waals surface area contributed by atoms with Crippen molar-refractivity contribution < 1.29 is 18.3 Å². The number of rotatable bonds is 5. The highest BCUT2D eigenvalue weighted by Gasteiger charge is 2.29. The van der Waals surface area contributed by atoms with Crippen molar-refractivity contribution in [2.24, 2.45) is 5.41 Å². The predicted molar refractivity (Wildman–Crippen MR) is 67.8 cm³/mol. The maximum Gasteiger partial charge on any atom is 0.310 e. The Morgan fingerprint density at radius 2 is 2.00 bits per heavy atom. The van der Waals surface area contributed by atoms with Crippen molar-refractivity contribution in [1.82, 2.24) is 4.72 Å². The van der Waals surface area contributed by atoms with Gasteiger partial charge in [-0.25, -0.2) is 13.1 Å². The third-order valence-corrected chi connectivity index (χ3v) is 3.98. The summed E-state index contributed by atoms with van der Waals surface area (Å²) in [7, 11) is -3.66. The molecule has 0 unspecified atom stereocenters. The van der Waals surface area contributed by atoms with Crippen molar-refractivity contribution in [3.8, 4) is 0 Å². The third kappa shape index (κ3) is 3.54. The van der Waals surface area contributed by atoms with Crippen LogP contribution in [0, 0.1) is 12.3 Å². The highest BCUT2D eigenvalue weighted by Crippen LogP contribution is 2.16. The van der Waals surface area contributed by atoms with Gasteiger partial charge in [-0.1, -0.05) is 12.1 Å². The molecule has 0 heterocycles. The standard InChI is InChI=1S/C12H17NO4S/c1-9-5-4-6-10(7-9)18(16,17)13-8-12(2,3)11(14)15/h4-7,13H,8H2,1-3H3,(H,14,15). The van der Waals surface area contributed by atoms with Crippen LogP contribution in [0.5, 0.6) is 0 Å². The lowest BCUT2D eigenvalue weighted by molar-refractivity contribution is -0.146. The Balaban J connectivity index is 2.87. The van der Waals surface area contributed by atoms with E-state index in [4.69, 9.17) is 5.11 Å². The summed E-state index contributed by atoms with van der Waals surface area (Å²) in [6, 6.07) is 6.45. The number of carboxylic acids is 1. The first-order valence-corrected chi connectivity index (χ1v) is 6.93. The quantitative estimate of drug-likeness (QED) is 0.847. The summed E-state index contributed by atoms with van der Waals surface area (Å²) < 4.78 is 26.2. The number of benzene rings is 1. The number of hydrogen-bond acceptors (Lipinski definition) is 3. The van der Waals surface area contributed by atoms with E-state index in [0.717, 1.165) is 5.56 Å². The fourth-order valence-corrected chi connectivity index (χ4v) is 2.53. The molecule has 0 atom stereocenters. The Morgan fingerprint density at radius 3 is 2.50 bits per heavy atom. The molecule has 0 saturated heterocycles. The zero-order chi connectivity index (χ0) is 14.0. The van der Waals surface area contributed by atoms with Crippen LogP contribution in [-0.2, 0) is 14.8 Å². The van der Waals surface area contributed by atoms with Crippen LogP contribution in [0.15, 0.2) is 29.2 Å². The van der Waals surface area contributed by atoms with E-state index in [1.165, 1.54) is 26.0 Å². The Labute approximate surface area is 107 Å². The van der Waals surface area contributed by atoms with Gasteiger partial charge < -0.3 is 5.11 Å². The monoisotopic (exact) mass is 271 g/mol. The lowest BCUT2D eigenvalue weighted by Gasteiger charge is -2.19. The number of aliphatic carboxylic acids is 1. The van der Waals surface area contributed by atoms with Crippen LogP contribution < -0.4 is 4.72 Å². The molecular weight excluding hydrogens is 254 g/mol. The molecule has 0 bridgehead atoms. The largest absolute Gasteiger partial charge is 0.481 e. The number of aryl methyl sites for hydroxylation is 1. The van der Waals surface area contributed by atoms with Gasteiger partial charge in [0.05, 0.1) is 10.3 Å². The second-order valence-corrected chi connectivity index (χ2v) is 6.60. The summed E-state index contributed by atoms with van der Waals surface area (Å²) in [6.07, 6.45) is 0. The molecule has 0 amide bonds. The summed E-state index contributed by atoms with van der Waals surface area (Å²) >= 11 is 0. The molecule has 0 fully saturated rings. The molecule has 2 N–H and O–H groups in total. The Morgan fingerprint density at radius 1 is 1.39 bits per heavy atom. The summed E-state index contributed by atoms with van der Waals surface area (Å²) in [5.74, 6) is -1.05. The van der Waals surface area contributed by atoms with Crippen molar-refractivity contribution in [1.29, 1.82) is 0 Å². The Kier molecular flexibility index (Phi) is 4.13. The minimum atomic E-state index is -3.66. The van der Waals surface area contributed by atoms with Gasteiger partial charge in [-0.15, -0.1) is 0 Å². The van der Waals surface area contributed by atoms with Crippen molar-refractivity contribution in [2.45, 2.75) is 25.7 Å². The number of hydrogen-bond donors (Lipinski definition) is 2. The predicted octanol–water partition coefficient (Wildman–Crippen LogP) is 1.38. The van der Waals surface area contributed by atoms with E-state index in [1.807, 2.05) is 0 Å². The van der Waals surface area contributed by atoms with E-state index >= 15 is 0 Å². The van der Waals surface area contributed by atoms with Gasteiger partial charge >= 0.3 is 5.97 Å². The fourth-order valence-electron chi connectivity index (χ4n) is 1.22. The van der Waals surface area contributed by atoms with E-state index in [-0.39, 0.29) is 11.4 Å². The lowest BCUT2D eigenvalue weighted by Crippen LogP contribution is -2.38. The molecule has 0 saturated carbocycles. The maximum atomic E-state index is 11.9. The minimum absolute atomic E-state index is 0.142. The van der Waals surface area contributed by atoms with Gasteiger partial charge in [0, 0.05) is 6.54 Å². The molecule has 0 spiro atoms. The fraction of sp³-hybridized carbons (Fsp3) is 0.417. The van der Waals surface area contributed by atoms with Gasteiger partial charge in [-0.3, -0.25) is 4.79 Å². The normalized spacial score (nSPS) is 12.4. The van der Waals surface area contributed by atoms with E-state index in [1.54, 1.807) is 19.1 Å². The van der Waals surface area contributed by atoms with E-state index in [9.17, 15) is 13.2 Å². The van der Waals surface area contributed by atoms with Crippen LogP contribution in [0.1, 0.15) is 19.4 Å². The van der Waals surface area contributed by atoms with Crippen molar-refractivity contribution in [3.05, 3.63) is 29.8 Å². The molecule has 1 aromatic rings. The second-order valence-electron chi connectivity index (χ2n) is 4.83. The molecule has 0 aromatic heterocycles. The molecule has 0 aliphatic rings. The first-order valence-electron chi connectivity index (χ1n) is 5.45. The molecule has 6 heteroatoms. The average molecular weight is 271 g/mol. The molecule has 100 valence electrons. The van der Waals surface area contributed by atoms with Crippen molar-refractivity contribution >= 4 is 16.0 Å². The molecule has 0 aliphatic heterocycles. The van der Waals surface area contributed by atoms with Crippen LogP contribution in [0.2, 0.25) is 0 Å². The second kappa shape index (κ2) is 5.07. The van der Waals surface area contributed by atoms with Crippen LogP contribution >= 0.6 is 0 Å². The third-order valence-electron chi connectivity index (χ3n) is 2.58. The summed E-state index contributed by atoms with van der Waals surface area (Å²) in [5, 5.41) is 8.92. The van der Waals surface area contributed by atoms with Crippen LogP contribution in [0.4, 0.5) is 0 Å². The average Bonchev–Trinajstić information content (AvgIpc) is 2.26. The smallest absolute Gasteiger partial charge is 0.310 e. The van der Waals surface area contributed by atoms with Crippen LogP contribution in [0.25, 0.3) is 0 Å². The number of carboxylic acid groups (broad SMARTS) is 1. The summed E-state index contributed by atoms with van der Waals surface area (Å²) in [4.78, 5) is 11.0. The Hall–Kier alpha value is -1.40. The molecule has 0 aliphatic carbocycles. The lowest BCUT2D eigenvalue weighted by atomic mass is 9.95. The molecule has 1 aromatic carbocycles. The number of sulfonamides is 1. The molecule has 5 nitrogen and oxygen atoms in total. The van der Waals surface area contributed by atoms with Crippen LogP contribution in [-0.4, -0.2) is 26.0 Å². The zero-order valence-corrected chi connectivity index (χ0v) is 11.4. The van der Waals surface area contributed by atoms with Gasteiger partial charge in [0.25, 0.3) is 0 Å². The minimum Gasteiger partial charge on any atom is -0.481 e. The SMILES string of the molecule is Cc1cccc(S(=O)(=O)NCC(C)(C)C(=O)O)c1. The van der Waals surface area contributed by atoms with Gasteiger partial charge in [0.1, 0.15) is 0 Å². The van der Waals surface area contributed by atoms with E-state index in [0.29, 0.717) is 0 Å². The van der Waals surface area contributed by atoms with Gasteiger partial charge in [0.15, 0.2) is 0 Å². The highest BCUT2D eigenvalue weighted by molar-refractivity contribution is 7.89. The molecule has 0 radical (unpaired) electrons. The zero-order valence-electron chi connectivity index (χ0n) is 10.6. The van der Waals surface area contributed by atoms with E-state index in [2.05, 4.69) is 4.72 Å². The highest BCUT2D eigenvalue weighted by atomic mass is 32.2. The Bertz CT molecular complexity index is 549. The molecular formula is C12H17NO4S. The maximum absolute atomic E-state index is 11.9. The number of carbonyl (C=O) groups is 1. The molecule has 1 rings (SSSR count). The van der Waals surface area contributed by atoms with Crippen molar-refractivity contribution in [3.63, 3.8) is 0 Å². The summed E-state index contributed by atoms with van der Waals surface area (Å²) in [6.45, 7) is 4.57. The first-order chi connectivity index (χ1) is 8.15. The number of nitrogens with one attached hydrogen (secondary N) is 1. The van der Waals surface area contributed by atoms with Gasteiger partial charge in [-0.2, -0.15) is 0 Å². The first kappa shape index (κ1) is 14.7. The summed E-state index contributed by atoms with van der Waals surface area (Å²) in [5.41, 5.74) is -0.313. The molecule has 18 heavy (non-hydrogen) atoms. The van der Waals surface area contributed by atoms with E-state index < -0.39 is 21.4 Å².